The molecule has 0 bridgehead atoms. The molecule has 0 amide bonds. The molecule has 2 unspecified atom stereocenters. The lowest BCUT2D eigenvalue weighted by molar-refractivity contribution is -0.150. The van der Waals surface area contributed by atoms with Gasteiger partial charge in [-0.05, 0) is 31.8 Å². The first-order chi connectivity index (χ1) is 14.9. The molecule has 2 atom stereocenters. The third kappa shape index (κ3) is 14.0. The Kier molecular flexibility index (Phi) is 17.9. The molecule has 176 valence electrons. The molecular weight excluding hydrogens is 388 g/mol. The molecule has 0 aromatic carbocycles. The van der Waals surface area contributed by atoms with Crippen molar-refractivity contribution in [2.45, 2.75) is 103 Å². The van der Waals surface area contributed by atoms with E-state index in [1.807, 2.05) is 24.3 Å². The second-order valence-corrected chi connectivity index (χ2v) is 7.95. The minimum absolute atomic E-state index is 0.255. The highest BCUT2D eigenvalue weighted by Gasteiger charge is 2.39. The molecule has 4 heteroatoms. The van der Waals surface area contributed by atoms with Crippen LogP contribution in [0.5, 0.6) is 0 Å². The van der Waals surface area contributed by atoms with E-state index < -0.39 is 23.6 Å². The molecule has 0 aliphatic carbocycles. The molecule has 31 heavy (non-hydrogen) atoms. The van der Waals surface area contributed by atoms with E-state index in [1.165, 1.54) is 57.1 Å². The highest BCUT2D eigenvalue weighted by atomic mass is 16.4. The van der Waals surface area contributed by atoms with Gasteiger partial charge in [0.1, 0.15) is 12.2 Å². The predicted octanol–water partition coefficient (Wildman–Crippen LogP) is 5.75. The predicted molar refractivity (Wildman–Crippen MR) is 131 cm³/mol. The fourth-order valence-corrected chi connectivity index (χ4v) is 3.15. The Morgan fingerprint density at radius 1 is 0.742 bits per heavy atom. The summed E-state index contributed by atoms with van der Waals surface area (Å²) < 4.78 is 0. The van der Waals surface area contributed by atoms with Crippen LogP contribution in [-0.2, 0) is 4.79 Å². The van der Waals surface area contributed by atoms with Crippen LogP contribution in [0.4, 0.5) is 0 Å². The van der Waals surface area contributed by atoms with Gasteiger partial charge < -0.3 is 15.3 Å². The van der Waals surface area contributed by atoms with Gasteiger partial charge in [0.15, 0.2) is 5.78 Å². The van der Waals surface area contributed by atoms with Crippen molar-refractivity contribution in [3.63, 3.8) is 0 Å². The Morgan fingerprint density at radius 2 is 1.23 bits per heavy atom. The van der Waals surface area contributed by atoms with Gasteiger partial charge in [-0.1, -0.05) is 114 Å². The van der Waals surface area contributed by atoms with Crippen LogP contribution >= 0.6 is 0 Å². The Morgan fingerprint density at radius 3 is 1.77 bits per heavy atom. The first-order valence-corrected chi connectivity index (χ1v) is 11.9. The lowest BCUT2D eigenvalue weighted by Crippen LogP contribution is -2.50. The zero-order chi connectivity index (χ0) is 23.4. The number of hydrogen-bond donors (Lipinski definition) is 3. The van der Waals surface area contributed by atoms with E-state index in [9.17, 15) is 20.1 Å². The van der Waals surface area contributed by atoms with E-state index in [4.69, 9.17) is 0 Å². The molecule has 0 fully saturated rings. The largest absolute Gasteiger partial charge is 0.387 e. The average molecular weight is 433 g/mol. The van der Waals surface area contributed by atoms with Crippen LogP contribution in [0.3, 0.4) is 0 Å². The van der Waals surface area contributed by atoms with Crippen molar-refractivity contribution in [3.8, 4) is 0 Å². The van der Waals surface area contributed by atoms with E-state index in [2.05, 4.69) is 19.1 Å². The minimum Gasteiger partial charge on any atom is -0.387 e. The van der Waals surface area contributed by atoms with E-state index in [0.717, 1.165) is 6.42 Å². The van der Waals surface area contributed by atoms with Gasteiger partial charge in [0.25, 0.3) is 0 Å². The van der Waals surface area contributed by atoms with Gasteiger partial charge >= 0.3 is 0 Å². The first kappa shape index (κ1) is 29.2. The summed E-state index contributed by atoms with van der Waals surface area (Å²) in [6, 6.07) is 0. The van der Waals surface area contributed by atoms with E-state index in [0.29, 0.717) is 0 Å². The van der Waals surface area contributed by atoms with E-state index in [-0.39, 0.29) is 12.8 Å². The summed E-state index contributed by atoms with van der Waals surface area (Å²) in [5.41, 5.74) is -1.46. The molecule has 0 radical (unpaired) electrons. The number of allylic oxidation sites excluding steroid dienone is 9. The van der Waals surface area contributed by atoms with Gasteiger partial charge in [-0.3, -0.25) is 4.79 Å². The van der Waals surface area contributed by atoms with Crippen molar-refractivity contribution in [3.05, 3.63) is 60.8 Å². The lowest BCUT2D eigenvalue weighted by Gasteiger charge is -2.32. The molecule has 3 N–H and O–H groups in total. The van der Waals surface area contributed by atoms with Gasteiger partial charge in [0, 0.05) is 0 Å². The summed E-state index contributed by atoms with van der Waals surface area (Å²) >= 11 is 0. The van der Waals surface area contributed by atoms with E-state index in [1.54, 1.807) is 26.0 Å². The second-order valence-electron chi connectivity index (χ2n) is 7.95. The monoisotopic (exact) mass is 432 g/mol. The number of carbonyl (C=O) groups is 1. The van der Waals surface area contributed by atoms with Crippen LogP contribution < -0.4 is 0 Å². The molecule has 0 heterocycles. The first-order valence-electron chi connectivity index (χ1n) is 11.9. The highest BCUT2D eigenvalue weighted by molar-refractivity contribution is 5.94. The molecule has 0 rings (SSSR count). The van der Waals surface area contributed by atoms with Crippen molar-refractivity contribution in [1.82, 2.24) is 0 Å². The molecule has 0 saturated heterocycles. The van der Waals surface area contributed by atoms with Crippen molar-refractivity contribution < 1.29 is 20.1 Å². The molecule has 0 aliphatic heterocycles. The molecule has 0 aliphatic rings. The van der Waals surface area contributed by atoms with Gasteiger partial charge in [-0.15, -0.1) is 0 Å². The Bertz CT molecular complexity index is 594. The maximum atomic E-state index is 11.9. The van der Waals surface area contributed by atoms with Crippen molar-refractivity contribution in [1.29, 1.82) is 0 Å². The van der Waals surface area contributed by atoms with Gasteiger partial charge in [-0.25, -0.2) is 0 Å². The summed E-state index contributed by atoms with van der Waals surface area (Å²) in [7, 11) is 0. The van der Waals surface area contributed by atoms with Crippen molar-refractivity contribution in [2.24, 2.45) is 0 Å². The van der Waals surface area contributed by atoms with Crippen LogP contribution in [0.25, 0.3) is 0 Å². The number of aliphatic hydroxyl groups is 3. The number of unbranched alkanes of at least 4 members (excludes halogenated alkanes) is 7. The van der Waals surface area contributed by atoms with Crippen LogP contribution in [0, 0.1) is 0 Å². The standard InChI is InChI=1S/C27H44O4/c1-4-7-8-9-10-11-12-13-14-15-16-17-18-19-20-21-22-23-24(28)25(29)26(30)27(31,5-2)6-3/h14-23,25-26,29-31H,4-13H2,1-3H3/b15-14+,17-16+,19-18+,21-20+,23-22+. The number of ketones is 1. The number of rotatable bonds is 18. The van der Waals surface area contributed by atoms with Crippen molar-refractivity contribution in [2.75, 3.05) is 0 Å². The van der Waals surface area contributed by atoms with E-state index >= 15 is 0 Å². The fraction of sp³-hybridized carbons (Fsp3) is 0.593. The van der Waals surface area contributed by atoms with Gasteiger partial charge in [0.2, 0.25) is 0 Å². The topological polar surface area (TPSA) is 77.8 Å². The quantitative estimate of drug-likeness (QED) is 0.146. The zero-order valence-corrected chi connectivity index (χ0v) is 19.7. The fourth-order valence-electron chi connectivity index (χ4n) is 3.15. The Hall–Kier alpha value is -1.75. The minimum atomic E-state index is -1.64. The van der Waals surface area contributed by atoms with Crippen LogP contribution in [0.2, 0.25) is 0 Å². The van der Waals surface area contributed by atoms with Gasteiger partial charge in [0.05, 0.1) is 5.60 Å². The maximum absolute atomic E-state index is 11.9. The van der Waals surface area contributed by atoms with Crippen LogP contribution in [0.15, 0.2) is 60.8 Å². The summed E-state index contributed by atoms with van der Waals surface area (Å²) in [6.07, 6.45) is 25.9. The molecule has 4 nitrogen and oxygen atoms in total. The summed E-state index contributed by atoms with van der Waals surface area (Å²) in [5, 5.41) is 30.2. The Balaban J connectivity index is 4.08. The van der Waals surface area contributed by atoms with Gasteiger partial charge in [-0.2, -0.15) is 0 Å². The molecule has 0 aromatic rings. The van der Waals surface area contributed by atoms with Crippen LogP contribution in [0.1, 0.15) is 85.0 Å². The average Bonchev–Trinajstić information content (AvgIpc) is 2.79. The normalized spacial score (nSPS) is 15.3. The zero-order valence-electron chi connectivity index (χ0n) is 19.7. The smallest absolute Gasteiger partial charge is 0.186 e. The molecule has 0 spiro atoms. The summed E-state index contributed by atoms with van der Waals surface area (Å²) in [4.78, 5) is 11.9. The second kappa shape index (κ2) is 19.0. The number of aliphatic hydroxyl groups excluding tert-OH is 2. The SMILES string of the molecule is CCCCCCCCC/C=C/C=C/C=C/C=C/C=C/C(=O)C(O)C(O)C(O)(CC)CC. The third-order valence-corrected chi connectivity index (χ3v) is 5.51. The molecular formula is C27H44O4. The maximum Gasteiger partial charge on any atom is 0.186 e. The Labute approximate surface area is 189 Å². The molecule has 0 saturated carbocycles. The van der Waals surface area contributed by atoms with Crippen LogP contribution in [-0.4, -0.2) is 38.9 Å². The summed E-state index contributed by atoms with van der Waals surface area (Å²) in [5.74, 6) is -0.632. The number of carbonyl (C=O) groups excluding carboxylic acids is 1. The lowest BCUT2D eigenvalue weighted by atomic mass is 9.86. The summed E-state index contributed by atoms with van der Waals surface area (Å²) in [6.45, 7) is 5.65. The third-order valence-electron chi connectivity index (χ3n) is 5.51. The molecule has 0 aromatic heterocycles. The number of hydrogen-bond acceptors (Lipinski definition) is 4. The highest BCUT2D eigenvalue weighted by Crippen LogP contribution is 2.22. The van der Waals surface area contributed by atoms with Crippen molar-refractivity contribution >= 4 is 5.78 Å².